The van der Waals surface area contributed by atoms with Crippen molar-refractivity contribution in [2.24, 2.45) is 5.92 Å². The normalized spacial score (nSPS) is 16.1. The van der Waals surface area contributed by atoms with Gasteiger partial charge in [0.1, 0.15) is 5.82 Å². The van der Waals surface area contributed by atoms with E-state index >= 15 is 0 Å². The predicted octanol–water partition coefficient (Wildman–Crippen LogP) is 2.94. The zero-order chi connectivity index (χ0) is 14.5. The highest BCUT2D eigenvalue weighted by Gasteiger charge is 2.22. The summed E-state index contributed by atoms with van der Waals surface area (Å²) in [5.41, 5.74) is 0.0632. The molecule has 1 aromatic rings. The lowest BCUT2D eigenvalue weighted by Gasteiger charge is -2.29. The lowest BCUT2D eigenvalue weighted by atomic mass is 9.97. The van der Waals surface area contributed by atoms with E-state index in [4.69, 9.17) is 11.6 Å². The van der Waals surface area contributed by atoms with Crippen molar-refractivity contribution in [1.82, 2.24) is 10.2 Å². The van der Waals surface area contributed by atoms with Crippen LogP contribution in [0.5, 0.6) is 0 Å². The Bertz CT molecular complexity index is 475. The summed E-state index contributed by atoms with van der Waals surface area (Å²) in [6.07, 6.45) is 2.11. The number of nitrogens with one attached hydrogen (secondary N) is 1. The van der Waals surface area contributed by atoms with E-state index in [1.54, 1.807) is 4.90 Å². The monoisotopic (exact) mass is 298 g/mol. The first-order chi connectivity index (χ1) is 9.61. The molecule has 1 saturated heterocycles. The van der Waals surface area contributed by atoms with Crippen LogP contribution in [0.2, 0.25) is 5.02 Å². The summed E-state index contributed by atoms with van der Waals surface area (Å²) in [5.74, 6) is -0.295. The van der Waals surface area contributed by atoms with Gasteiger partial charge in [-0.1, -0.05) is 11.6 Å². The van der Waals surface area contributed by atoms with Crippen LogP contribution in [0.25, 0.3) is 0 Å². The number of halogens is 2. The molecule has 1 amide bonds. The molecule has 2 rings (SSSR count). The molecule has 20 heavy (non-hydrogen) atoms. The summed E-state index contributed by atoms with van der Waals surface area (Å²) in [6.45, 7) is 5.16. The summed E-state index contributed by atoms with van der Waals surface area (Å²) in [7, 11) is 0. The number of carbonyl (C=O) groups is 1. The van der Waals surface area contributed by atoms with Crippen LogP contribution in [0.15, 0.2) is 18.2 Å². The van der Waals surface area contributed by atoms with Crippen LogP contribution >= 0.6 is 11.6 Å². The number of hydrogen-bond acceptors (Lipinski definition) is 2. The van der Waals surface area contributed by atoms with Gasteiger partial charge in [-0.15, -0.1) is 0 Å². The Labute approximate surface area is 124 Å². The molecule has 0 aliphatic carbocycles. The van der Waals surface area contributed by atoms with Crippen molar-refractivity contribution < 1.29 is 9.18 Å². The Morgan fingerprint density at radius 2 is 2.15 bits per heavy atom. The van der Waals surface area contributed by atoms with Gasteiger partial charge in [0, 0.05) is 18.1 Å². The van der Waals surface area contributed by atoms with Crippen LogP contribution in [0.1, 0.15) is 30.1 Å². The highest BCUT2D eigenvalue weighted by molar-refractivity contribution is 6.31. The Balaban J connectivity index is 2.09. The molecule has 0 radical (unpaired) electrons. The molecular formula is C15H20ClFN2O. The molecule has 0 saturated carbocycles. The van der Waals surface area contributed by atoms with Gasteiger partial charge >= 0.3 is 0 Å². The van der Waals surface area contributed by atoms with Crippen LogP contribution in [0.4, 0.5) is 4.39 Å². The van der Waals surface area contributed by atoms with Gasteiger partial charge in [-0.3, -0.25) is 4.79 Å². The SMILES string of the molecule is CCN(CC1CCNCC1)C(=O)c1cc(Cl)ccc1F. The second kappa shape index (κ2) is 7.04. The third-order valence-corrected chi connectivity index (χ3v) is 4.00. The first kappa shape index (κ1) is 15.3. The Morgan fingerprint density at radius 3 is 2.80 bits per heavy atom. The van der Waals surface area contributed by atoms with E-state index in [1.165, 1.54) is 18.2 Å². The zero-order valence-corrected chi connectivity index (χ0v) is 12.4. The van der Waals surface area contributed by atoms with Crippen molar-refractivity contribution in [3.63, 3.8) is 0 Å². The predicted molar refractivity (Wildman–Crippen MR) is 78.6 cm³/mol. The molecule has 5 heteroatoms. The van der Waals surface area contributed by atoms with Crippen molar-refractivity contribution in [2.45, 2.75) is 19.8 Å². The van der Waals surface area contributed by atoms with Crippen LogP contribution in [0, 0.1) is 11.7 Å². The fraction of sp³-hybridized carbons (Fsp3) is 0.533. The fourth-order valence-electron chi connectivity index (χ4n) is 2.56. The minimum atomic E-state index is -0.511. The Kier molecular flexibility index (Phi) is 5.38. The second-order valence-electron chi connectivity index (χ2n) is 5.16. The minimum absolute atomic E-state index is 0.0632. The summed E-state index contributed by atoms with van der Waals surface area (Å²) < 4.78 is 13.8. The molecule has 1 aliphatic rings. The number of hydrogen-bond donors (Lipinski definition) is 1. The van der Waals surface area contributed by atoms with Gasteiger partial charge in [0.2, 0.25) is 0 Å². The lowest BCUT2D eigenvalue weighted by molar-refractivity contribution is 0.0722. The van der Waals surface area contributed by atoms with E-state index in [1.807, 2.05) is 6.92 Å². The van der Waals surface area contributed by atoms with Gasteiger partial charge in [0.05, 0.1) is 5.56 Å². The number of benzene rings is 1. The van der Waals surface area contributed by atoms with Crippen molar-refractivity contribution >= 4 is 17.5 Å². The van der Waals surface area contributed by atoms with E-state index in [2.05, 4.69) is 5.32 Å². The fourth-order valence-corrected chi connectivity index (χ4v) is 2.74. The number of amides is 1. The molecular weight excluding hydrogens is 279 g/mol. The van der Waals surface area contributed by atoms with Gasteiger partial charge in [-0.2, -0.15) is 0 Å². The molecule has 1 aliphatic heterocycles. The highest BCUT2D eigenvalue weighted by Crippen LogP contribution is 2.19. The Hall–Kier alpha value is -1.13. The average molecular weight is 299 g/mol. The summed E-state index contributed by atoms with van der Waals surface area (Å²) in [5, 5.41) is 3.68. The van der Waals surface area contributed by atoms with Gasteiger partial charge in [0.15, 0.2) is 0 Å². The molecule has 0 aromatic heterocycles. The topological polar surface area (TPSA) is 32.3 Å². The molecule has 1 N–H and O–H groups in total. The largest absolute Gasteiger partial charge is 0.339 e. The molecule has 0 spiro atoms. The van der Waals surface area contributed by atoms with Gasteiger partial charge < -0.3 is 10.2 Å². The average Bonchev–Trinajstić information content (AvgIpc) is 2.47. The number of nitrogens with zero attached hydrogens (tertiary/aromatic N) is 1. The lowest BCUT2D eigenvalue weighted by Crippen LogP contribution is -2.39. The maximum Gasteiger partial charge on any atom is 0.256 e. The molecule has 110 valence electrons. The van der Waals surface area contributed by atoms with Crippen molar-refractivity contribution in [3.05, 3.63) is 34.6 Å². The van der Waals surface area contributed by atoms with Crippen LogP contribution < -0.4 is 5.32 Å². The highest BCUT2D eigenvalue weighted by atomic mass is 35.5. The molecule has 0 atom stereocenters. The van der Waals surface area contributed by atoms with E-state index < -0.39 is 5.82 Å². The molecule has 1 fully saturated rings. The van der Waals surface area contributed by atoms with Crippen LogP contribution in [-0.4, -0.2) is 37.0 Å². The molecule has 3 nitrogen and oxygen atoms in total. The van der Waals surface area contributed by atoms with Gasteiger partial charge in [-0.05, 0) is 57.0 Å². The third-order valence-electron chi connectivity index (χ3n) is 3.77. The van der Waals surface area contributed by atoms with Gasteiger partial charge in [-0.25, -0.2) is 4.39 Å². The zero-order valence-electron chi connectivity index (χ0n) is 11.7. The van der Waals surface area contributed by atoms with Crippen molar-refractivity contribution in [1.29, 1.82) is 0 Å². The number of rotatable bonds is 4. The van der Waals surface area contributed by atoms with E-state index in [0.717, 1.165) is 25.9 Å². The minimum Gasteiger partial charge on any atom is -0.339 e. The molecule has 0 unspecified atom stereocenters. The molecule has 1 aromatic carbocycles. The van der Waals surface area contributed by atoms with Crippen LogP contribution in [-0.2, 0) is 0 Å². The smallest absolute Gasteiger partial charge is 0.256 e. The molecule has 0 bridgehead atoms. The summed E-state index contributed by atoms with van der Waals surface area (Å²) in [4.78, 5) is 14.1. The number of piperidine rings is 1. The third kappa shape index (κ3) is 3.70. The summed E-state index contributed by atoms with van der Waals surface area (Å²) in [6, 6.07) is 4.11. The summed E-state index contributed by atoms with van der Waals surface area (Å²) >= 11 is 5.85. The molecule has 1 heterocycles. The van der Waals surface area contributed by atoms with E-state index in [0.29, 0.717) is 24.0 Å². The van der Waals surface area contributed by atoms with Crippen LogP contribution in [0.3, 0.4) is 0 Å². The Morgan fingerprint density at radius 1 is 1.45 bits per heavy atom. The number of carbonyl (C=O) groups excluding carboxylic acids is 1. The first-order valence-corrected chi connectivity index (χ1v) is 7.44. The van der Waals surface area contributed by atoms with Crippen molar-refractivity contribution in [3.8, 4) is 0 Å². The van der Waals surface area contributed by atoms with Gasteiger partial charge in [0.25, 0.3) is 5.91 Å². The first-order valence-electron chi connectivity index (χ1n) is 7.07. The second-order valence-corrected chi connectivity index (χ2v) is 5.60. The maximum atomic E-state index is 13.8. The van der Waals surface area contributed by atoms with E-state index in [9.17, 15) is 9.18 Å². The standard InChI is InChI=1S/C15H20ClFN2O/c1-2-19(10-11-5-7-18-8-6-11)15(20)13-9-12(16)3-4-14(13)17/h3-4,9,11,18H,2,5-8,10H2,1H3. The quantitative estimate of drug-likeness (QED) is 0.927. The van der Waals surface area contributed by atoms with Crippen molar-refractivity contribution in [2.75, 3.05) is 26.2 Å². The van der Waals surface area contributed by atoms with E-state index in [-0.39, 0.29) is 11.5 Å². The maximum absolute atomic E-state index is 13.8.